The summed E-state index contributed by atoms with van der Waals surface area (Å²) < 4.78 is 18.5. The molecule has 0 unspecified atom stereocenters. The van der Waals surface area contributed by atoms with Crippen molar-refractivity contribution in [2.24, 2.45) is 0 Å². The van der Waals surface area contributed by atoms with Gasteiger partial charge in [-0.2, -0.15) is 0 Å². The normalized spacial score (nSPS) is 11.1. The second kappa shape index (κ2) is 24.5. The Hall–Kier alpha value is 0.182. The molecule has 1 N–H and O–H groups in total. The van der Waals surface area contributed by atoms with Gasteiger partial charge < -0.3 is 5.11 Å². The summed E-state index contributed by atoms with van der Waals surface area (Å²) in [4.78, 5) is 10.4. The summed E-state index contributed by atoms with van der Waals surface area (Å²) in [5.41, 5.74) is 0. The Kier molecular flexibility index (Phi) is 26.4. The minimum atomic E-state index is -4.31. The Morgan fingerprint density at radius 1 is 0.586 bits per heavy atom. The van der Waals surface area contributed by atoms with Crippen molar-refractivity contribution in [2.45, 2.75) is 135 Å². The molecule has 4 nitrogen and oxygen atoms in total. The van der Waals surface area contributed by atoms with Crippen molar-refractivity contribution in [3.05, 3.63) is 0 Å². The van der Waals surface area contributed by atoms with Gasteiger partial charge in [-0.15, -0.1) is 0 Å². The van der Waals surface area contributed by atoms with Crippen LogP contribution in [0.4, 0.5) is 0 Å². The second-order valence-electron chi connectivity index (χ2n) is 7.89. The van der Waals surface area contributed by atoms with E-state index < -0.39 is 17.1 Å². The fourth-order valence-corrected chi connectivity index (χ4v) is 3.35. The van der Waals surface area contributed by atoms with Crippen molar-refractivity contribution in [1.82, 2.24) is 0 Å². The van der Waals surface area contributed by atoms with Crippen molar-refractivity contribution in [3.8, 4) is 0 Å². The van der Waals surface area contributed by atoms with Crippen molar-refractivity contribution in [3.63, 3.8) is 0 Å². The molecule has 0 bridgehead atoms. The Bertz CT molecular complexity index is 434. The molecule has 0 aliphatic carbocycles. The maximum absolute atomic E-state index is 10.4. The second-order valence-corrected chi connectivity index (χ2v) is 13.1. The fourth-order valence-electron chi connectivity index (χ4n) is 3.35. The Morgan fingerprint density at radius 2 is 0.793 bits per heavy atom. The van der Waals surface area contributed by atoms with Gasteiger partial charge in [-0.25, -0.2) is 0 Å². The number of carboxylic acid groups (broad SMARTS) is 1. The Morgan fingerprint density at radius 3 is 1.00 bits per heavy atom. The number of halogens is 2. The standard InChI is InChI=1S/C22H44O2.2ClH.Cr.2O/c1-2-3-4-5-6-7-8-9-10-11-12-13-14-15-16-17-18-19-20-21-22(23)24;;;;;/h2-21H2,1H3,(H,23,24);2*1H;;;/q;;;+2;;/p-2. The summed E-state index contributed by atoms with van der Waals surface area (Å²) >= 11 is -4.31. The third kappa shape index (κ3) is 43.1. The average molecular weight is 495 g/mol. The van der Waals surface area contributed by atoms with Gasteiger partial charge in [0.05, 0.1) is 0 Å². The molecule has 0 rings (SSSR count). The molecule has 7 heteroatoms. The molecule has 0 amide bonds. The van der Waals surface area contributed by atoms with Gasteiger partial charge in [-0.3, -0.25) is 4.79 Å². The SMILES string of the molecule is CCCCCCCCCCCCCCCCCCCCCC(=O)O.[O]=[Cr](=[O])([Cl])[Cl]. The van der Waals surface area contributed by atoms with Gasteiger partial charge >= 0.3 is 44.8 Å². The number of carbonyl (C=O) groups is 1. The molecule has 0 saturated heterocycles. The van der Waals surface area contributed by atoms with Crippen LogP contribution in [0.1, 0.15) is 135 Å². The zero-order valence-electron chi connectivity index (χ0n) is 18.5. The predicted octanol–water partition coefficient (Wildman–Crippen LogP) is 9.03. The summed E-state index contributed by atoms with van der Waals surface area (Å²) in [6.07, 6.45) is 26.1. The van der Waals surface area contributed by atoms with Crippen LogP contribution in [0.25, 0.3) is 0 Å². The first-order valence-corrected chi connectivity index (χ1v) is 16.2. The number of hydrogen-bond donors (Lipinski definition) is 1. The van der Waals surface area contributed by atoms with Gasteiger partial charge in [0.25, 0.3) is 0 Å². The average Bonchev–Trinajstić information content (AvgIpc) is 2.62. The molecule has 0 aromatic heterocycles. The summed E-state index contributed by atoms with van der Waals surface area (Å²) in [6.45, 7) is 2.28. The van der Waals surface area contributed by atoms with Gasteiger partial charge in [-0.1, -0.05) is 122 Å². The molecule has 0 aliphatic heterocycles. The topological polar surface area (TPSA) is 71.4 Å². The first-order valence-electron chi connectivity index (χ1n) is 11.6. The van der Waals surface area contributed by atoms with Crippen LogP contribution in [0.2, 0.25) is 0 Å². The van der Waals surface area contributed by atoms with E-state index in [1.54, 1.807) is 0 Å². The fraction of sp³-hybridized carbons (Fsp3) is 0.955. The van der Waals surface area contributed by atoms with Crippen LogP contribution in [0.3, 0.4) is 0 Å². The van der Waals surface area contributed by atoms with Crippen LogP contribution in [-0.2, 0) is 23.5 Å². The van der Waals surface area contributed by atoms with E-state index in [1.807, 2.05) is 0 Å². The molecule has 0 atom stereocenters. The van der Waals surface area contributed by atoms with E-state index in [1.165, 1.54) is 109 Å². The van der Waals surface area contributed by atoms with Crippen LogP contribution in [0, 0.1) is 0 Å². The number of unbranched alkanes of at least 4 members (excludes halogenated alkanes) is 18. The van der Waals surface area contributed by atoms with Crippen molar-refractivity contribution in [2.75, 3.05) is 0 Å². The molecule has 29 heavy (non-hydrogen) atoms. The molecule has 0 radical (unpaired) electrons. The van der Waals surface area contributed by atoms with E-state index in [2.05, 4.69) is 27.0 Å². The van der Waals surface area contributed by atoms with E-state index in [0.717, 1.165) is 12.8 Å². The van der Waals surface area contributed by atoms with Crippen molar-refractivity contribution < 1.29 is 28.6 Å². The molecular formula is C22H44Cl2CrO4. The molecule has 176 valence electrons. The van der Waals surface area contributed by atoms with Gasteiger partial charge in [0, 0.05) is 6.42 Å². The third-order valence-corrected chi connectivity index (χ3v) is 4.99. The summed E-state index contributed by atoms with van der Waals surface area (Å²) in [5, 5.41) is 8.56. The van der Waals surface area contributed by atoms with E-state index in [0.29, 0.717) is 6.42 Å². The van der Waals surface area contributed by atoms with Gasteiger partial charge in [0.15, 0.2) is 0 Å². The summed E-state index contributed by atoms with van der Waals surface area (Å²) in [6, 6.07) is 0. The maximum atomic E-state index is 10.4. The van der Waals surface area contributed by atoms with E-state index in [4.69, 9.17) is 5.11 Å². The Labute approximate surface area is 189 Å². The van der Waals surface area contributed by atoms with Crippen LogP contribution in [0.5, 0.6) is 0 Å². The minimum absolute atomic E-state index is 0.346. The van der Waals surface area contributed by atoms with Crippen LogP contribution in [-0.4, -0.2) is 11.1 Å². The number of aliphatic carboxylic acids is 1. The first kappa shape index (κ1) is 31.4. The molecule has 0 aliphatic rings. The number of hydrogen-bond acceptors (Lipinski definition) is 3. The van der Waals surface area contributed by atoms with E-state index in [9.17, 15) is 12.4 Å². The monoisotopic (exact) mass is 494 g/mol. The third-order valence-electron chi connectivity index (χ3n) is 4.99. The van der Waals surface area contributed by atoms with E-state index in [-0.39, 0.29) is 0 Å². The van der Waals surface area contributed by atoms with Gasteiger partial charge in [0.1, 0.15) is 0 Å². The summed E-state index contributed by atoms with van der Waals surface area (Å²) in [7, 11) is 8.68. The van der Waals surface area contributed by atoms with E-state index >= 15 is 0 Å². The molecule has 0 aromatic carbocycles. The molecule has 0 spiro atoms. The molecule has 0 fully saturated rings. The molecule has 0 saturated carbocycles. The quantitative estimate of drug-likeness (QED) is 0.171. The van der Waals surface area contributed by atoms with Crippen molar-refractivity contribution in [1.29, 1.82) is 0 Å². The van der Waals surface area contributed by atoms with Crippen LogP contribution in [0.15, 0.2) is 0 Å². The van der Waals surface area contributed by atoms with Gasteiger partial charge in [-0.05, 0) is 6.42 Å². The summed E-state index contributed by atoms with van der Waals surface area (Å²) in [5.74, 6) is -0.651. The van der Waals surface area contributed by atoms with Gasteiger partial charge in [0.2, 0.25) is 0 Å². The zero-order valence-corrected chi connectivity index (χ0v) is 21.3. The molecule has 0 aromatic rings. The first-order chi connectivity index (χ1) is 13.8. The number of rotatable bonds is 20. The number of carboxylic acids is 1. The molecular weight excluding hydrogens is 451 g/mol. The molecule has 0 heterocycles. The zero-order chi connectivity index (χ0) is 22.2. The van der Waals surface area contributed by atoms with Crippen LogP contribution < -0.4 is 0 Å². The van der Waals surface area contributed by atoms with Crippen LogP contribution >= 0.6 is 20.1 Å². The predicted molar refractivity (Wildman–Crippen MR) is 119 cm³/mol. The van der Waals surface area contributed by atoms with Crippen molar-refractivity contribution >= 4 is 26.1 Å². The Balaban J connectivity index is 0.